The highest BCUT2D eigenvalue weighted by molar-refractivity contribution is 7.92. The SMILES string of the molecule is O=C(NCc1cccnc1)Nc1ccc(S(=O)(=O)Nc2cccc(F)c2)cc1. The Hall–Kier alpha value is -3.46. The molecule has 28 heavy (non-hydrogen) atoms. The van der Waals surface area contributed by atoms with Crippen LogP contribution in [0.25, 0.3) is 0 Å². The zero-order chi connectivity index (χ0) is 20.0. The Bertz CT molecular complexity index is 1060. The number of carbonyl (C=O) groups excluding carboxylic acids is 1. The van der Waals surface area contributed by atoms with Gasteiger partial charge in [0.25, 0.3) is 10.0 Å². The molecule has 0 aliphatic carbocycles. The van der Waals surface area contributed by atoms with Crippen LogP contribution in [0.1, 0.15) is 5.56 Å². The van der Waals surface area contributed by atoms with E-state index in [0.717, 1.165) is 11.6 Å². The maximum absolute atomic E-state index is 13.2. The molecule has 1 heterocycles. The number of hydrogen-bond acceptors (Lipinski definition) is 4. The second-order valence-electron chi connectivity index (χ2n) is 5.81. The first-order valence-corrected chi connectivity index (χ1v) is 9.73. The largest absolute Gasteiger partial charge is 0.334 e. The fourth-order valence-electron chi connectivity index (χ4n) is 2.34. The topological polar surface area (TPSA) is 100 Å². The second-order valence-corrected chi connectivity index (χ2v) is 7.49. The molecule has 9 heteroatoms. The van der Waals surface area contributed by atoms with Crippen LogP contribution in [0.15, 0.2) is 78.0 Å². The number of anilines is 2. The lowest BCUT2D eigenvalue weighted by molar-refractivity contribution is 0.251. The van der Waals surface area contributed by atoms with Crippen molar-refractivity contribution in [1.82, 2.24) is 10.3 Å². The molecule has 1 aromatic heterocycles. The van der Waals surface area contributed by atoms with Crippen LogP contribution in [-0.4, -0.2) is 19.4 Å². The van der Waals surface area contributed by atoms with Gasteiger partial charge in [0.1, 0.15) is 5.82 Å². The zero-order valence-electron chi connectivity index (χ0n) is 14.6. The molecule has 0 saturated heterocycles. The summed E-state index contributed by atoms with van der Waals surface area (Å²) in [4.78, 5) is 15.9. The summed E-state index contributed by atoms with van der Waals surface area (Å²) >= 11 is 0. The summed E-state index contributed by atoms with van der Waals surface area (Å²) in [5.41, 5.74) is 1.40. The van der Waals surface area contributed by atoms with E-state index < -0.39 is 21.9 Å². The van der Waals surface area contributed by atoms with Gasteiger partial charge >= 0.3 is 6.03 Å². The smallest absolute Gasteiger partial charge is 0.319 e. The molecule has 0 spiro atoms. The van der Waals surface area contributed by atoms with Crippen LogP contribution < -0.4 is 15.4 Å². The van der Waals surface area contributed by atoms with E-state index in [1.807, 2.05) is 6.07 Å². The van der Waals surface area contributed by atoms with Crippen molar-refractivity contribution in [2.45, 2.75) is 11.4 Å². The number of rotatable bonds is 6. The minimum Gasteiger partial charge on any atom is -0.334 e. The third-order valence-electron chi connectivity index (χ3n) is 3.68. The molecule has 0 aliphatic rings. The first kappa shape index (κ1) is 19.3. The standard InChI is InChI=1S/C19H17FN4O3S/c20-15-4-1-5-17(11-15)24-28(26,27)18-8-6-16(7-9-18)23-19(25)22-13-14-3-2-10-21-12-14/h1-12,24H,13H2,(H2,22,23,25). The van der Waals surface area contributed by atoms with E-state index in [1.165, 1.54) is 42.5 Å². The summed E-state index contributed by atoms with van der Waals surface area (Å²) in [7, 11) is -3.87. The molecule has 0 bridgehead atoms. The highest BCUT2D eigenvalue weighted by atomic mass is 32.2. The van der Waals surface area contributed by atoms with E-state index in [4.69, 9.17) is 0 Å². The van der Waals surface area contributed by atoms with Gasteiger partial charge in [-0.3, -0.25) is 9.71 Å². The monoisotopic (exact) mass is 400 g/mol. The van der Waals surface area contributed by atoms with Gasteiger partial charge in [0.05, 0.1) is 10.6 Å². The van der Waals surface area contributed by atoms with E-state index in [-0.39, 0.29) is 10.6 Å². The zero-order valence-corrected chi connectivity index (χ0v) is 15.4. The average molecular weight is 400 g/mol. The molecule has 0 fully saturated rings. The summed E-state index contributed by atoms with van der Waals surface area (Å²) in [6.07, 6.45) is 3.29. The Labute approximate surface area is 161 Å². The van der Waals surface area contributed by atoms with Crippen LogP contribution in [0.3, 0.4) is 0 Å². The number of amides is 2. The minimum absolute atomic E-state index is 0.0157. The molecule has 0 radical (unpaired) electrons. The van der Waals surface area contributed by atoms with E-state index in [0.29, 0.717) is 12.2 Å². The summed E-state index contributed by atoms with van der Waals surface area (Å²) < 4.78 is 40.2. The van der Waals surface area contributed by atoms with Crippen LogP contribution in [0, 0.1) is 5.82 Å². The van der Waals surface area contributed by atoms with Crippen LogP contribution in [0.4, 0.5) is 20.6 Å². The highest BCUT2D eigenvalue weighted by Crippen LogP contribution is 2.18. The van der Waals surface area contributed by atoms with Gasteiger partial charge in [-0.15, -0.1) is 0 Å². The Morgan fingerprint density at radius 3 is 2.46 bits per heavy atom. The second kappa shape index (κ2) is 8.49. The number of nitrogens with one attached hydrogen (secondary N) is 3. The lowest BCUT2D eigenvalue weighted by Gasteiger charge is -2.10. The Morgan fingerprint density at radius 1 is 1.00 bits per heavy atom. The first-order chi connectivity index (χ1) is 13.4. The van der Waals surface area contributed by atoms with Crippen LogP contribution in [-0.2, 0) is 16.6 Å². The third kappa shape index (κ3) is 5.27. The number of benzene rings is 2. The number of sulfonamides is 1. The van der Waals surface area contributed by atoms with Gasteiger partial charge in [0, 0.05) is 24.6 Å². The molecule has 0 aliphatic heterocycles. The van der Waals surface area contributed by atoms with Crippen LogP contribution >= 0.6 is 0 Å². The van der Waals surface area contributed by atoms with E-state index >= 15 is 0 Å². The molecule has 3 aromatic rings. The van der Waals surface area contributed by atoms with Gasteiger partial charge in [0.15, 0.2) is 0 Å². The molecule has 2 amide bonds. The van der Waals surface area contributed by atoms with Gasteiger partial charge in [-0.2, -0.15) is 0 Å². The summed E-state index contributed by atoms with van der Waals surface area (Å²) in [6, 6.07) is 13.9. The Balaban J connectivity index is 1.60. The van der Waals surface area contributed by atoms with E-state index in [2.05, 4.69) is 20.3 Å². The number of hydrogen-bond donors (Lipinski definition) is 3. The molecule has 0 atom stereocenters. The average Bonchev–Trinajstić information content (AvgIpc) is 2.67. The maximum atomic E-state index is 13.2. The number of halogens is 1. The quantitative estimate of drug-likeness (QED) is 0.591. The van der Waals surface area contributed by atoms with Crippen molar-refractivity contribution in [3.8, 4) is 0 Å². The van der Waals surface area contributed by atoms with Crippen LogP contribution in [0.5, 0.6) is 0 Å². The number of aromatic nitrogens is 1. The van der Waals surface area contributed by atoms with Crippen molar-refractivity contribution in [3.63, 3.8) is 0 Å². The van der Waals surface area contributed by atoms with Gasteiger partial charge in [-0.1, -0.05) is 12.1 Å². The molecule has 7 nitrogen and oxygen atoms in total. The van der Waals surface area contributed by atoms with Crippen LogP contribution in [0.2, 0.25) is 0 Å². The molecule has 3 rings (SSSR count). The van der Waals surface area contributed by atoms with Crippen molar-refractivity contribution in [1.29, 1.82) is 0 Å². The van der Waals surface area contributed by atoms with Crippen molar-refractivity contribution in [2.24, 2.45) is 0 Å². The molecule has 3 N–H and O–H groups in total. The van der Waals surface area contributed by atoms with Gasteiger partial charge in [-0.05, 0) is 54.1 Å². The normalized spacial score (nSPS) is 10.9. The summed E-state index contributed by atoms with van der Waals surface area (Å²) in [5.74, 6) is -0.544. The molecule has 2 aromatic carbocycles. The Morgan fingerprint density at radius 2 is 1.79 bits per heavy atom. The molecule has 0 saturated carbocycles. The van der Waals surface area contributed by atoms with E-state index in [9.17, 15) is 17.6 Å². The predicted molar refractivity (Wildman–Crippen MR) is 104 cm³/mol. The molecule has 0 unspecified atom stereocenters. The third-order valence-corrected chi connectivity index (χ3v) is 5.07. The van der Waals surface area contributed by atoms with Crippen molar-refractivity contribution in [3.05, 3.63) is 84.4 Å². The van der Waals surface area contributed by atoms with Gasteiger partial charge in [-0.25, -0.2) is 17.6 Å². The minimum atomic E-state index is -3.87. The lowest BCUT2D eigenvalue weighted by atomic mass is 10.3. The van der Waals surface area contributed by atoms with Crippen molar-refractivity contribution >= 4 is 27.4 Å². The maximum Gasteiger partial charge on any atom is 0.319 e. The lowest BCUT2D eigenvalue weighted by Crippen LogP contribution is -2.28. The predicted octanol–water partition coefficient (Wildman–Crippen LogP) is 3.34. The molecular formula is C19H17FN4O3S. The first-order valence-electron chi connectivity index (χ1n) is 8.24. The number of urea groups is 1. The summed E-state index contributed by atoms with van der Waals surface area (Å²) in [6.45, 7) is 0.309. The van der Waals surface area contributed by atoms with E-state index in [1.54, 1.807) is 18.5 Å². The fraction of sp³-hybridized carbons (Fsp3) is 0.0526. The molecular weight excluding hydrogens is 383 g/mol. The van der Waals surface area contributed by atoms with Gasteiger partial charge in [0.2, 0.25) is 0 Å². The number of carbonyl (C=O) groups is 1. The van der Waals surface area contributed by atoms with Crippen molar-refractivity contribution in [2.75, 3.05) is 10.0 Å². The summed E-state index contributed by atoms with van der Waals surface area (Å²) in [5, 5.41) is 5.29. The fourth-order valence-corrected chi connectivity index (χ4v) is 3.39. The number of nitrogens with zero attached hydrogens (tertiary/aromatic N) is 1. The Kier molecular flexibility index (Phi) is 5.85. The van der Waals surface area contributed by atoms with Gasteiger partial charge < -0.3 is 10.6 Å². The number of pyridine rings is 1. The molecule has 144 valence electrons. The van der Waals surface area contributed by atoms with Crippen molar-refractivity contribution < 1.29 is 17.6 Å². The highest BCUT2D eigenvalue weighted by Gasteiger charge is 2.14.